The van der Waals surface area contributed by atoms with Crippen molar-refractivity contribution in [3.05, 3.63) is 64.4 Å². The first-order valence-electron chi connectivity index (χ1n) is 9.60. The summed E-state index contributed by atoms with van der Waals surface area (Å²) in [6.45, 7) is 0.312. The summed E-state index contributed by atoms with van der Waals surface area (Å²) in [5.41, 5.74) is 3.24. The van der Waals surface area contributed by atoms with Gasteiger partial charge in [0.1, 0.15) is 0 Å². The van der Waals surface area contributed by atoms with Gasteiger partial charge >= 0.3 is 6.03 Å². The molecule has 0 bridgehead atoms. The highest BCUT2D eigenvalue weighted by molar-refractivity contribution is 6.42. The molecule has 4 rings (SSSR count). The van der Waals surface area contributed by atoms with Crippen LogP contribution in [-0.4, -0.2) is 20.8 Å². The Morgan fingerprint density at radius 1 is 1.10 bits per heavy atom. The van der Waals surface area contributed by atoms with Gasteiger partial charge in [-0.05, 0) is 49.2 Å². The van der Waals surface area contributed by atoms with Crippen LogP contribution in [0.15, 0.2) is 48.7 Å². The lowest BCUT2D eigenvalue weighted by molar-refractivity contribution is 0.251. The topological polar surface area (TPSA) is 71.8 Å². The molecule has 0 saturated heterocycles. The molecular weight excluding hydrogens is 409 g/mol. The number of carbonyl (C=O) groups is 1. The SMILES string of the molecule is O=C(NCc1cc(-c2ccccn2)n(C2CCCC2)n1)Nc1ccc(Cl)c(Cl)c1. The Balaban J connectivity index is 1.47. The Morgan fingerprint density at radius 2 is 1.93 bits per heavy atom. The fourth-order valence-corrected chi connectivity index (χ4v) is 3.88. The highest BCUT2D eigenvalue weighted by atomic mass is 35.5. The Hall–Kier alpha value is -2.57. The Labute approximate surface area is 179 Å². The lowest BCUT2D eigenvalue weighted by atomic mass is 10.2. The van der Waals surface area contributed by atoms with E-state index >= 15 is 0 Å². The summed E-state index contributed by atoms with van der Waals surface area (Å²) < 4.78 is 2.07. The van der Waals surface area contributed by atoms with Gasteiger partial charge in [-0.2, -0.15) is 5.10 Å². The molecule has 2 aromatic heterocycles. The first-order chi connectivity index (χ1) is 14.1. The number of rotatable bonds is 5. The van der Waals surface area contributed by atoms with E-state index in [4.69, 9.17) is 28.3 Å². The predicted molar refractivity (Wildman–Crippen MR) is 115 cm³/mol. The average molecular weight is 430 g/mol. The molecule has 150 valence electrons. The molecule has 6 nitrogen and oxygen atoms in total. The summed E-state index contributed by atoms with van der Waals surface area (Å²) in [6.07, 6.45) is 6.44. The smallest absolute Gasteiger partial charge is 0.319 e. The molecule has 2 amide bonds. The van der Waals surface area contributed by atoms with Crippen LogP contribution in [0.5, 0.6) is 0 Å². The fraction of sp³-hybridized carbons (Fsp3) is 0.286. The normalized spacial score (nSPS) is 14.1. The van der Waals surface area contributed by atoms with E-state index in [1.54, 1.807) is 24.4 Å². The second-order valence-corrected chi connectivity index (χ2v) is 7.87. The second kappa shape index (κ2) is 8.84. The number of amides is 2. The number of aromatic nitrogens is 3. The summed E-state index contributed by atoms with van der Waals surface area (Å²) in [5, 5.41) is 11.2. The zero-order valence-electron chi connectivity index (χ0n) is 15.7. The molecule has 0 atom stereocenters. The maximum atomic E-state index is 12.3. The van der Waals surface area contributed by atoms with E-state index in [2.05, 4.69) is 20.3 Å². The van der Waals surface area contributed by atoms with Crippen molar-refractivity contribution in [2.24, 2.45) is 0 Å². The number of hydrogen-bond donors (Lipinski definition) is 2. The summed E-state index contributed by atoms with van der Waals surface area (Å²) in [4.78, 5) is 16.7. The van der Waals surface area contributed by atoms with Crippen molar-refractivity contribution in [3.8, 4) is 11.4 Å². The largest absolute Gasteiger partial charge is 0.332 e. The number of nitrogens with zero attached hydrogens (tertiary/aromatic N) is 3. The molecule has 3 aromatic rings. The van der Waals surface area contributed by atoms with E-state index in [1.807, 2.05) is 24.3 Å². The van der Waals surface area contributed by atoms with Gasteiger partial charge in [0.25, 0.3) is 0 Å². The molecule has 1 aliphatic rings. The minimum atomic E-state index is -0.335. The van der Waals surface area contributed by atoms with Gasteiger partial charge in [-0.15, -0.1) is 0 Å². The number of pyridine rings is 1. The molecule has 8 heteroatoms. The van der Waals surface area contributed by atoms with Crippen molar-refractivity contribution in [1.82, 2.24) is 20.1 Å². The Bertz CT molecular complexity index is 1000. The molecule has 0 spiro atoms. The molecule has 0 radical (unpaired) electrons. The van der Waals surface area contributed by atoms with Gasteiger partial charge in [-0.3, -0.25) is 9.67 Å². The van der Waals surface area contributed by atoms with Gasteiger partial charge in [0.05, 0.1) is 39.7 Å². The number of carbonyl (C=O) groups excluding carboxylic acids is 1. The van der Waals surface area contributed by atoms with Crippen LogP contribution in [0, 0.1) is 0 Å². The molecule has 0 unspecified atom stereocenters. The van der Waals surface area contributed by atoms with Crippen molar-refractivity contribution in [3.63, 3.8) is 0 Å². The van der Waals surface area contributed by atoms with Crippen LogP contribution in [0.4, 0.5) is 10.5 Å². The zero-order chi connectivity index (χ0) is 20.2. The number of benzene rings is 1. The van der Waals surface area contributed by atoms with Crippen LogP contribution >= 0.6 is 23.2 Å². The maximum Gasteiger partial charge on any atom is 0.319 e. The third kappa shape index (κ3) is 4.71. The molecule has 1 aromatic carbocycles. The monoisotopic (exact) mass is 429 g/mol. The second-order valence-electron chi connectivity index (χ2n) is 7.06. The van der Waals surface area contributed by atoms with Gasteiger partial charge < -0.3 is 10.6 Å². The minimum Gasteiger partial charge on any atom is -0.332 e. The first-order valence-corrected chi connectivity index (χ1v) is 10.4. The summed E-state index contributed by atoms with van der Waals surface area (Å²) in [6, 6.07) is 12.8. The zero-order valence-corrected chi connectivity index (χ0v) is 17.2. The van der Waals surface area contributed by atoms with E-state index < -0.39 is 0 Å². The van der Waals surface area contributed by atoms with Crippen LogP contribution in [0.3, 0.4) is 0 Å². The lowest BCUT2D eigenvalue weighted by Crippen LogP contribution is -2.28. The number of halogens is 2. The Kier molecular flexibility index (Phi) is 6.02. The summed E-state index contributed by atoms with van der Waals surface area (Å²) in [7, 11) is 0. The third-order valence-corrected chi connectivity index (χ3v) is 5.73. The summed E-state index contributed by atoms with van der Waals surface area (Å²) in [5.74, 6) is 0. The molecular formula is C21H21Cl2N5O. The van der Waals surface area contributed by atoms with E-state index in [-0.39, 0.29) is 6.03 Å². The van der Waals surface area contributed by atoms with Crippen LogP contribution in [0.2, 0.25) is 10.0 Å². The van der Waals surface area contributed by atoms with Crippen molar-refractivity contribution in [1.29, 1.82) is 0 Å². The van der Waals surface area contributed by atoms with Crippen molar-refractivity contribution >= 4 is 34.9 Å². The minimum absolute atomic E-state index is 0.312. The number of hydrogen-bond acceptors (Lipinski definition) is 3. The van der Waals surface area contributed by atoms with Gasteiger partial charge in [0.2, 0.25) is 0 Å². The molecule has 1 fully saturated rings. The van der Waals surface area contributed by atoms with Gasteiger partial charge in [-0.1, -0.05) is 42.1 Å². The first kappa shape index (κ1) is 19.7. The third-order valence-electron chi connectivity index (χ3n) is 4.99. The van der Waals surface area contributed by atoms with Crippen molar-refractivity contribution < 1.29 is 4.79 Å². The van der Waals surface area contributed by atoms with Crippen LogP contribution in [-0.2, 0) is 6.54 Å². The van der Waals surface area contributed by atoms with Gasteiger partial charge in [-0.25, -0.2) is 4.79 Å². The summed E-state index contributed by atoms with van der Waals surface area (Å²) >= 11 is 11.9. The number of nitrogens with one attached hydrogen (secondary N) is 2. The van der Waals surface area contributed by atoms with Crippen molar-refractivity contribution in [2.75, 3.05) is 5.32 Å². The maximum absolute atomic E-state index is 12.3. The molecule has 2 N–H and O–H groups in total. The molecule has 0 aliphatic heterocycles. The molecule has 2 heterocycles. The molecule has 29 heavy (non-hydrogen) atoms. The average Bonchev–Trinajstić information content (AvgIpc) is 3.39. The van der Waals surface area contributed by atoms with E-state index in [0.717, 1.165) is 29.9 Å². The highest BCUT2D eigenvalue weighted by Crippen LogP contribution is 2.33. The standard InChI is InChI=1S/C21H21Cl2N5O/c22-17-9-8-14(11-18(17)23)26-21(29)25-13-15-12-20(19-7-3-4-10-24-19)28(27-15)16-5-1-2-6-16/h3-4,7-12,16H,1-2,5-6,13H2,(H2,25,26,29). The highest BCUT2D eigenvalue weighted by Gasteiger charge is 2.22. The Morgan fingerprint density at radius 3 is 2.66 bits per heavy atom. The van der Waals surface area contributed by atoms with Crippen molar-refractivity contribution in [2.45, 2.75) is 38.3 Å². The van der Waals surface area contributed by atoms with Crippen LogP contribution in [0.25, 0.3) is 11.4 Å². The van der Waals surface area contributed by atoms with E-state index in [1.165, 1.54) is 12.8 Å². The number of urea groups is 1. The lowest BCUT2D eigenvalue weighted by Gasteiger charge is -2.13. The molecule has 1 saturated carbocycles. The fourth-order valence-electron chi connectivity index (χ4n) is 3.58. The van der Waals surface area contributed by atoms with E-state index in [0.29, 0.717) is 28.3 Å². The predicted octanol–water partition coefficient (Wildman–Crippen LogP) is 5.69. The molecule has 1 aliphatic carbocycles. The number of anilines is 1. The van der Waals surface area contributed by atoms with E-state index in [9.17, 15) is 4.79 Å². The van der Waals surface area contributed by atoms with Crippen LogP contribution in [0.1, 0.15) is 37.4 Å². The van der Waals surface area contributed by atoms with Gasteiger partial charge in [0.15, 0.2) is 0 Å². The quantitative estimate of drug-likeness (QED) is 0.546. The van der Waals surface area contributed by atoms with Crippen LogP contribution < -0.4 is 10.6 Å². The van der Waals surface area contributed by atoms with Gasteiger partial charge in [0, 0.05) is 11.9 Å².